The van der Waals surface area contributed by atoms with Gasteiger partial charge in [0, 0.05) is 11.5 Å². The summed E-state index contributed by atoms with van der Waals surface area (Å²) in [5.41, 5.74) is -0.570. The average Bonchev–Trinajstić information content (AvgIpc) is 2.03. The summed E-state index contributed by atoms with van der Waals surface area (Å²) in [7, 11) is 0. The molecule has 0 aromatic carbocycles. The Bertz CT molecular complexity index is 277. The number of alkyl halides is 3. The van der Waals surface area contributed by atoms with Crippen LogP contribution in [0.25, 0.3) is 0 Å². The van der Waals surface area contributed by atoms with E-state index in [-0.39, 0.29) is 11.0 Å². The molecule has 66 valence electrons. The second-order valence-corrected chi connectivity index (χ2v) is 2.65. The highest BCUT2D eigenvalue weighted by molar-refractivity contribution is 9.08. The van der Waals surface area contributed by atoms with Crippen LogP contribution in [-0.4, -0.2) is 4.98 Å². The van der Waals surface area contributed by atoms with Gasteiger partial charge < -0.3 is 0 Å². The van der Waals surface area contributed by atoms with Crippen molar-refractivity contribution in [1.29, 1.82) is 0 Å². The molecular weight excluding hydrogens is 235 g/mol. The Morgan fingerprint density at radius 1 is 1.50 bits per heavy atom. The summed E-state index contributed by atoms with van der Waals surface area (Å²) in [4.78, 5) is 3.61. The minimum Gasteiger partial charge on any atom is -0.260 e. The van der Waals surface area contributed by atoms with Crippen LogP contribution in [0, 0.1) is 5.82 Å². The highest BCUT2D eigenvalue weighted by atomic mass is 79.9. The Labute approximate surface area is 75.7 Å². The lowest BCUT2D eigenvalue weighted by Gasteiger charge is -2.05. The standard InChI is InChI=1S/C7H5BrF3N/c8-3-5-6(7(10)11)4(9)1-2-12-5/h1-2,7H,3H2. The van der Waals surface area contributed by atoms with Gasteiger partial charge in [0.1, 0.15) is 5.82 Å². The molecule has 0 spiro atoms. The van der Waals surface area contributed by atoms with Gasteiger partial charge in [-0.1, -0.05) is 15.9 Å². The van der Waals surface area contributed by atoms with Gasteiger partial charge >= 0.3 is 0 Å². The molecular formula is C7H5BrF3N. The van der Waals surface area contributed by atoms with Crippen molar-refractivity contribution in [1.82, 2.24) is 4.98 Å². The molecule has 1 nitrogen and oxygen atoms in total. The molecule has 0 saturated carbocycles. The Balaban J connectivity index is 3.20. The Hall–Kier alpha value is -0.580. The summed E-state index contributed by atoms with van der Waals surface area (Å²) in [6.07, 6.45) is -1.65. The van der Waals surface area contributed by atoms with Gasteiger partial charge in [0.2, 0.25) is 0 Å². The predicted octanol–water partition coefficient (Wildman–Crippen LogP) is 3.05. The first-order chi connectivity index (χ1) is 5.66. The van der Waals surface area contributed by atoms with E-state index in [4.69, 9.17) is 0 Å². The third-order valence-corrected chi connectivity index (χ3v) is 1.90. The maximum absolute atomic E-state index is 12.7. The Morgan fingerprint density at radius 3 is 2.58 bits per heavy atom. The summed E-state index contributed by atoms with van der Waals surface area (Å²) >= 11 is 2.95. The van der Waals surface area contributed by atoms with Gasteiger partial charge in [-0.05, 0) is 6.07 Å². The van der Waals surface area contributed by atoms with Gasteiger partial charge in [-0.2, -0.15) is 0 Å². The number of pyridine rings is 1. The SMILES string of the molecule is Fc1ccnc(CBr)c1C(F)F. The lowest BCUT2D eigenvalue weighted by atomic mass is 10.2. The second-order valence-electron chi connectivity index (χ2n) is 2.09. The molecule has 0 aliphatic rings. The molecule has 1 aromatic rings. The number of aromatic nitrogens is 1. The smallest absolute Gasteiger partial charge is 0.260 e. The summed E-state index contributed by atoms with van der Waals surface area (Å²) in [5, 5.41) is 0.129. The molecule has 0 unspecified atom stereocenters. The predicted molar refractivity (Wildman–Crippen MR) is 41.8 cm³/mol. The fraction of sp³-hybridized carbons (Fsp3) is 0.286. The number of hydrogen-bond acceptors (Lipinski definition) is 1. The van der Waals surface area contributed by atoms with Gasteiger partial charge in [0.05, 0.1) is 11.3 Å². The molecule has 0 amide bonds. The Kier molecular flexibility index (Phi) is 3.08. The molecule has 1 heterocycles. The summed E-state index contributed by atoms with van der Waals surface area (Å²) in [5.74, 6) is -0.908. The van der Waals surface area contributed by atoms with E-state index in [1.54, 1.807) is 0 Å². The van der Waals surface area contributed by atoms with Crippen molar-refractivity contribution in [2.75, 3.05) is 0 Å². The molecule has 0 fully saturated rings. The Morgan fingerprint density at radius 2 is 2.17 bits per heavy atom. The third-order valence-electron chi connectivity index (χ3n) is 1.36. The molecule has 0 aliphatic carbocycles. The zero-order chi connectivity index (χ0) is 9.14. The normalized spacial score (nSPS) is 10.8. The van der Waals surface area contributed by atoms with E-state index in [1.165, 1.54) is 0 Å². The molecule has 12 heavy (non-hydrogen) atoms. The summed E-state index contributed by atoms with van der Waals surface area (Å²) < 4.78 is 37.1. The molecule has 0 radical (unpaired) electrons. The first-order valence-corrected chi connectivity index (χ1v) is 4.26. The van der Waals surface area contributed by atoms with E-state index in [0.29, 0.717) is 0 Å². The van der Waals surface area contributed by atoms with Gasteiger partial charge in [0.25, 0.3) is 6.43 Å². The zero-order valence-corrected chi connectivity index (χ0v) is 7.48. The first kappa shape index (κ1) is 9.51. The van der Waals surface area contributed by atoms with Crippen molar-refractivity contribution in [3.8, 4) is 0 Å². The molecule has 0 saturated heterocycles. The third kappa shape index (κ3) is 1.77. The average molecular weight is 240 g/mol. The lowest BCUT2D eigenvalue weighted by Crippen LogP contribution is -1.99. The van der Waals surface area contributed by atoms with Crippen LogP contribution in [0.15, 0.2) is 12.3 Å². The van der Waals surface area contributed by atoms with Gasteiger partial charge in [-0.3, -0.25) is 4.98 Å². The number of nitrogens with zero attached hydrogens (tertiary/aromatic N) is 1. The quantitative estimate of drug-likeness (QED) is 0.724. The van der Waals surface area contributed by atoms with Crippen molar-refractivity contribution < 1.29 is 13.2 Å². The molecule has 5 heteroatoms. The molecule has 1 rings (SSSR count). The van der Waals surface area contributed by atoms with Crippen LogP contribution in [0.2, 0.25) is 0 Å². The first-order valence-electron chi connectivity index (χ1n) is 3.14. The molecule has 0 N–H and O–H groups in total. The maximum Gasteiger partial charge on any atom is 0.268 e. The number of hydrogen-bond donors (Lipinski definition) is 0. The van der Waals surface area contributed by atoms with Crippen LogP contribution in [-0.2, 0) is 5.33 Å². The largest absolute Gasteiger partial charge is 0.268 e. The summed E-state index contributed by atoms with van der Waals surface area (Å²) in [6.45, 7) is 0. The van der Waals surface area contributed by atoms with Crippen LogP contribution >= 0.6 is 15.9 Å². The van der Waals surface area contributed by atoms with Crippen LogP contribution in [0.5, 0.6) is 0 Å². The number of halogens is 4. The van der Waals surface area contributed by atoms with Crippen molar-refractivity contribution in [2.45, 2.75) is 11.8 Å². The van der Waals surface area contributed by atoms with Gasteiger partial charge in [0.15, 0.2) is 0 Å². The molecule has 0 bridgehead atoms. The van der Waals surface area contributed by atoms with Crippen molar-refractivity contribution in [3.63, 3.8) is 0 Å². The molecule has 0 aliphatic heterocycles. The van der Waals surface area contributed by atoms with E-state index in [2.05, 4.69) is 20.9 Å². The maximum atomic E-state index is 12.7. The van der Waals surface area contributed by atoms with Crippen LogP contribution in [0.4, 0.5) is 13.2 Å². The topological polar surface area (TPSA) is 12.9 Å². The fourth-order valence-electron chi connectivity index (χ4n) is 0.827. The van der Waals surface area contributed by atoms with Crippen molar-refractivity contribution >= 4 is 15.9 Å². The minimum atomic E-state index is -2.81. The van der Waals surface area contributed by atoms with E-state index in [1.807, 2.05) is 0 Å². The lowest BCUT2D eigenvalue weighted by molar-refractivity contribution is 0.145. The monoisotopic (exact) mass is 239 g/mol. The van der Waals surface area contributed by atoms with Crippen molar-refractivity contribution in [3.05, 3.63) is 29.3 Å². The van der Waals surface area contributed by atoms with Crippen molar-refractivity contribution in [2.24, 2.45) is 0 Å². The second kappa shape index (κ2) is 3.89. The highest BCUT2D eigenvalue weighted by Crippen LogP contribution is 2.25. The van der Waals surface area contributed by atoms with Crippen LogP contribution in [0.1, 0.15) is 17.7 Å². The fourth-order valence-corrected chi connectivity index (χ4v) is 1.27. The van der Waals surface area contributed by atoms with E-state index in [9.17, 15) is 13.2 Å². The number of rotatable bonds is 2. The van der Waals surface area contributed by atoms with Gasteiger partial charge in [-0.15, -0.1) is 0 Å². The van der Waals surface area contributed by atoms with Crippen LogP contribution < -0.4 is 0 Å². The highest BCUT2D eigenvalue weighted by Gasteiger charge is 2.17. The zero-order valence-electron chi connectivity index (χ0n) is 5.90. The van der Waals surface area contributed by atoms with Crippen LogP contribution in [0.3, 0.4) is 0 Å². The van der Waals surface area contributed by atoms with E-state index >= 15 is 0 Å². The molecule has 0 atom stereocenters. The van der Waals surface area contributed by atoms with E-state index in [0.717, 1.165) is 12.3 Å². The minimum absolute atomic E-state index is 0.0463. The summed E-state index contributed by atoms with van der Waals surface area (Å²) in [6, 6.07) is 0.924. The molecule has 1 aromatic heterocycles. The van der Waals surface area contributed by atoms with E-state index < -0.39 is 17.8 Å². The van der Waals surface area contributed by atoms with Gasteiger partial charge in [-0.25, -0.2) is 13.2 Å².